The number of rotatable bonds is 13. The van der Waals surface area contributed by atoms with E-state index in [9.17, 15) is 19.5 Å². The number of carbonyl (C=O) groups is 3. The van der Waals surface area contributed by atoms with Crippen LogP contribution in [0.2, 0.25) is 0 Å². The molecule has 0 spiro atoms. The molecule has 0 saturated carbocycles. The van der Waals surface area contributed by atoms with E-state index in [-0.39, 0.29) is 12.3 Å². The molecule has 0 saturated heterocycles. The highest BCUT2D eigenvalue weighted by Crippen LogP contribution is 2.12. The van der Waals surface area contributed by atoms with Crippen molar-refractivity contribution in [2.45, 2.75) is 50.9 Å². The molecule has 0 radical (unpaired) electrons. The van der Waals surface area contributed by atoms with Crippen LogP contribution in [0.15, 0.2) is 84.9 Å². The van der Waals surface area contributed by atoms with Gasteiger partial charge in [0.15, 0.2) is 0 Å². The Morgan fingerprint density at radius 2 is 1.38 bits per heavy atom. The number of aliphatic carboxylic acids is 1. The highest BCUT2D eigenvalue weighted by molar-refractivity contribution is 5.98. The normalized spacial score (nSPS) is 13.2. The Balaban J connectivity index is 1.79. The van der Waals surface area contributed by atoms with Gasteiger partial charge >= 0.3 is 5.97 Å². The highest BCUT2D eigenvalue weighted by atomic mass is 16.4. The van der Waals surface area contributed by atoms with Gasteiger partial charge in [0.25, 0.3) is 0 Å². The predicted molar refractivity (Wildman–Crippen MR) is 144 cm³/mol. The molecule has 3 aromatic carbocycles. The van der Waals surface area contributed by atoms with Crippen LogP contribution in [0.1, 0.15) is 30.0 Å². The molecular weight excluding hydrogens is 468 g/mol. The van der Waals surface area contributed by atoms with Gasteiger partial charge < -0.3 is 21.5 Å². The number of carbonyl (C=O) groups excluding carboxylic acids is 2. The third-order valence-electron chi connectivity index (χ3n) is 6.08. The summed E-state index contributed by atoms with van der Waals surface area (Å²) in [6.07, 6.45) is 1.19. The van der Waals surface area contributed by atoms with Crippen LogP contribution in [0.25, 0.3) is 0 Å². The molecule has 0 fully saturated rings. The van der Waals surface area contributed by atoms with Crippen LogP contribution < -0.4 is 21.7 Å². The fraction of sp³-hybridized carbons (Fsp3) is 0.276. The number of amides is 2. The molecule has 37 heavy (non-hydrogen) atoms. The largest absolute Gasteiger partial charge is 0.480 e. The molecule has 0 bridgehead atoms. The second-order valence-corrected chi connectivity index (χ2v) is 8.94. The average Bonchev–Trinajstić information content (AvgIpc) is 2.91. The van der Waals surface area contributed by atoms with E-state index in [1.54, 1.807) is 12.1 Å². The quantitative estimate of drug-likeness (QED) is 0.244. The minimum Gasteiger partial charge on any atom is -0.480 e. The first-order valence-electron chi connectivity index (χ1n) is 12.3. The fourth-order valence-electron chi connectivity index (χ4n) is 3.90. The van der Waals surface area contributed by atoms with Gasteiger partial charge in [0.2, 0.25) is 11.8 Å². The first kappa shape index (κ1) is 27.6. The van der Waals surface area contributed by atoms with Crippen molar-refractivity contribution >= 4 is 23.5 Å². The number of carboxylic acids is 1. The average molecular weight is 503 g/mol. The van der Waals surface area contributed by atoms with Gasteiger partial charge in [-0.25, -0.2) is 0 Å². The maximum absolute atomic E-state index is 13.4. The zero-order valence-corrected chi connectivity index (χ0v) is 20.9. The predicted octanol–water partition coefficient (Wildman–Crippen LogP) is 2.88. The first-order chi connectivity index (χ1) is 17.9. The summed E-state index contributed by atoms with van der Waals surface area (Å²) in [5.74, 6) is -1.86. The van der Waals surface area contributed by atoms with E-state index >= 15 is 0 Å². The molecule has 3 aromatic rings. The SMILES string of the molecule is C[C@@H](N[C@@H](CCc1ccccc1)C(=O)N[C@@H](Cc1ccc(CN)cc1)C(=O)Nc1ccccc1)C(=O)O. The first-order valence-corrected chi connectivity index (χ1v) is 12.3. The van der Waals surface area contributed by atoms with Crippen molar-refractivity contribution < 1.29 is 19.5 Å². The summed E-state index contributed by atoms with van der Waals surface area (Å²) in [4.78, 5) is 38.2. The minimum atomic E-state index is -1.06. The minimum absolute atomic E-state index is 0.259. The lowest BCUT2D eigenvalue weighted by Gasteiger charge is -2.25. The van der Waals surface area contributed by atoms with Crippen LogP contribution in [-0.4, -0.2) is 41.0 Å². The number of nitrogens with two attached hydrogens (primary N) is 1. The van der Waals surface area contributed by atoms with Gasteiger partial charge in [0.05, 0.1) is 6.04 Å². The van der Waals surface area contributed by atoms with Crippen molar-refractivity contribution in [2.24, 2.45) is 5.73 Å². The Labute approximate surface area is 217 Å². The van der Waals surface area contributed by atoms with E-state index in [1.165, 1.54) is 6.92 Å². The van der Waals surface area contributed by atoms with Crippen LogP contribution in [0.4, 0.5) is 5.69 Å². The van der Waals surface area contributed by atoms with Crippen LogP contribution in [0, 0.1) is 0 Å². The summed E-state index contributed by atoms with van der Waals surface area (Å²) in [6, 6.07) is 23.6. The lowest BCUT2D eigenvalue weighted by Crippen LogP contribution is -2.54. The van der Waals surface area contributed by atoms with Gasteiger partial charge in [-0.05, 0) is 48.6 Å². The molecule has 0 aromatic heterocycles. The molecule has 0 heterocycles. The molecule has 0 aliphatic carbocycles. The number of hydrogen-bond donors (Lipinski definition) is 5. The monoisotopic (exact) mass is 502 g/mol. The number of para-hydroxylation sites is 1. The zero-order chi connectivity index (χ0) is 26.6. The summed E-state index contributed by atoms with van der Waals surface area (Å²) in [5.41, 5.74) is 9.16. The highest BCUT2D eigenvalue weighted by Gasteiger charge is 2.28. The van der Waals surface area contributed by atoms with Crippen LogP contribution >= 0.6 is 0 Å². The molecule has 2 amide bonds. The number of hydrogen-bond acceptors (Lipinski definition) is 5. The summed E-state index contributed by atoms with van der Waals surface area (Å²) in [6.45, 7) is 1.90. The Bertz CT molecular complexity index is 1150. The van der Waals surface area contributed by atoms with Crippen molar-refractivity contribution in [1.82, 2.24) is 10.6 Å². The molecular formula is C29H34N4O4. The number of anilines is 1. The Hall–Kier alpha value is -4.01. The van der Waals surface area contributed by atoms with Gasteiger partial charge in [-0.15, -0.1) is 0 Å². The number of nitrogens with one attached hydrogen (secondary N) is 3. The molecule has 194 valence electrons. The Morgan fingerprint density at radius 1 is 0.784 bits per heavy atom. The lowest BCUT2D eigenvalue weighted by molar-refractivity contribution is -0.139. The van der Waals surface area contributed by atoms with Crippen molar-refractivity contribution in [3.63, 3.8) is 0 Å². The molecule has 8 heteroatoms. The van der Waals surface area contributed by atoms with Gasteiger partial charge in [-0.1, -0.05) is 72.8 Å². The molecule has 3 rings (SSSR count). The Kier molecular flexibility index (Phi) is 10.4. The van der Waals surface area contributed by atoms with Gasteiger partial charge in [-0.2, -0.15) is 0 Å². The summed E-state index contributed by atoms with van der Waals surface area (Å²) < 4.78 is 0. The second kappa shape index (κ2) is 13.9. The summed E-state index contributed by atoms with van der Waals surface area (Å²) >= 11 is 0. The summed E-state index contributed by atoms with van der Waals surface area (Å²) in [5, 5.41) is 18.0. The van der Waals surface area contributed by atoms with E-state index in [0.29, 0.717) is 25.1 Å². The lowest BCUT2D eigenvalue weighted by atomic mass is 10.0. The fourth-order valence-corrected chi connectivity index (χ4v) is 3.90. The third-order valence-corrected chi connectivity index (χ3v) is 6.08. The molecule has 0 aliphatic heterocycles. The van der Waals surface area contributed by atoms with Crippen molar-refractivity contribution in [2.75, 3.05) is 5.32 Å². The van der Waals surface area contributed by atoms with Gasteiger partial charge in [-0.3, -0.25) is 19.7 Å². The summed E-state index contributed by atoms with van der Waals surface area (Å²) in [7, 11) is 0. The van der Waals surface area contributed by atoms with Gasteiger partial charge in [0.1, 0.15) is 12.1 Å². The third kappa shape index (κ3) is 8.86. The van der Waals surface area contributed by atoms with Gasteiger partial charge in [0, 0.05) is 18.7 Å². The Morgan fingerprint density at radius 3 is 1.97 bits per heavy atom. The van der Waals surface area contributed by atoms with Crippen LogP contribution in [-0.2, 0) is 33.8 Å². The maximum Gasteiger partial charge on any atom is 0.320 e. The molecule has 6 N–H and O–H groups in total. The molecule has 0 unspecified atom stereocenters. The number of aryl methyl sites for hydroxylation is 1. The second-order valence-electron chi connectivity index (χ2n) is 8.94. The molecule has 3 atom stereocenters. The van der Waals surface area contributed by atoms with E-state index < -0.39 is 30.0 Å². The molecule has 8 nitrogen and oxygen atoms in total. The maximum atomic E-state index is 13.4. The standard InChI is InChI=1S/C29H34N4O4/c1-20(29(36)37)31-25(17-16-21-8-4-2-5-9-21)27(34)33-26(18-22-12-14-23(19-30)15-13-22)28(35)32-24-10-6-3-7-11-24/h2-15,20,25-26,31H,16-19,30H2,1H3,(H,32,35)(H,33,34)(H,36,37)/t20-,25+,26+/m1/s1. The molecule has 0 aliphatic rings. The van der Waals surface area contributed by atoms with E-state index in [1.807, 2.05) is 72.8 Å². The zero-order valence-electron chi connectivity index (χ0n) is 20.9. The van der Waals surface area contributed by atoms with Crippen LogP contribution in [0.5, 0.6) is 0 Å². The smallest absolute Gasteiger partial charge is 0.320 e. The van der Waals surface area contributed by atoms with Crippen molar-refractivity contribution in [1.29, 1.82) is 0 Å². The number of benzene rings is 3. The number of carboxylic acid groups (broad SMARTS) is 1. The van der Waals surface area contributed by atoms with Crippen LogP contribution in [0.3, 0.4) is 0 Å². The van der Waals surface area contributed by atoms with E-state index in [0.717, 1.165) is 16.7 Å². The van der Waals surface area contributed by atoms with Crippen molar-refractivity contribution in [3.05, 3.63) is 102 Å². The van der Waals surface area contributed by atoms with E-state index in [2.05, 4.69) is 16.0 Å². The van der Waals surface area contributed by atoms with Crippen molar-refractivity contribution in [3.8, 4) is 0 Å². The van der Waals surface area contributed by atoms with E-state index in [4.69, 9.17) is 5.73 Å². The topological polar surface area (TPSA) is 134 Å².